The predicted octanol–water partition coefficient (Wildman–Crippen LogP) is 3.44. The van der Waals surface area contributed by atoms with E-state index >= 15 is 0 Å². The Labute approximate surface area is 106 Å². The lowest BCUT2D eigenvalue weighted by Crippen LogP contribution is -2.10. The lowest BCUT2D eigenvalue weighted by Gasteiger charge is -2.03. The number of benzene rings is 2. The molecule has 2 aromatic carbocycles. The van der Waals surface area contributed by atoms with Crippen LogP contribution in [-0.2, 0) is 0 Å². The van der Waals surface area contributed by atoms with Crippen LogP contribution in [0, 0.1) is 0 Å². The zero-order valence-electron chi connectivity index (χ0n) is 9.99. The second-order valence-corrected chi connectivity index (χ2v) is 3.67. The van der Waals surface area contributed by atoms with E-state index in [0.717, 1.165) is 17.1 Å². The van der Waals surface area contributed by atoms with Gasteiger partial charge in [-0.25, -0.2) is 0 Å². The lowest BCUT2D eigenvalue weighted by molar-refractivity contribution is 0.328. The molecule has 0 aliphatic heterocycles. The van der Waals surface area contributed by atoms with Crippen LogP contribution in [0.25, 0.3) is 0 Å². The summed E-state index contributed by atoms with van der Waals surface area (Å²) in [6.45, 7) is 1.03. The Morgan fingerprint density at radius 2 is 1.44 bits per heavy atom. The van der Waals surface area contributed by atoms with Crippen molar-refractivity contribution in [2.24, 2.45) is 16.0 Å². The van der Waals surface area contributed by atoms with Crippen LogP contribution >= 0.6 is 0 Å². The summed E-state index contributed by atoms with van der Waals surface area (Å²) in [5.41, 5.74) is 6.98. The molecule has 0 heterocycles. The largest absolute Gasteiger partial charge is 0.492 e. The standard InChI is InChI=1S/C14H15N3O/c15-10-11-18-14-8-6-13(7-9-14)17-16-12-4-2-1-3-5-12/h1-9H,10-11,15H2. The third-order valence-electron chi connectivity index (χ3n) is 2.26. The normalized spacial score (nSPS) is 10.7. The summed E-state index contributed by atoms with van der Waals surface area (Å²) in [7, 11) is 0. The van der Waals surface area contributed by atoms with Crippen molar-refractivity contribution in [1.82, 2.24) is 0 Å². The molecule has 4 nitrogen and oxygen atoms in total. The Morgan fingerprint density at radius 3 is 2.06 bits per heavy atom. The number of hydrogen-bond donors (Lipinski definition) is 1. The van der Waals surface area contributed by atoms with Crippen LogP contribution in [0.2, 0.25) is 0 Å². The van der Waals surface area contributed by atoms with Crippen molar-refractivity contribution in [2.45, 2.75) is 0 Å². The Bertz CT molecular complexity index is 494. The van der Waals surface area contributed by atoms with Gasteiger partial charge in [0, 0.05) is 6.54 Å². The topological polar surface area (TPSA) is 60.0 Å². The highest BCUT2D eigenvalue weighted by molar-refractivity contribution is 5.42. The fourth-order valence-electron chi connectivity index (χ4n) is 1.40. The van der Waals surface area contributed by atoms with Crippen LogP contribution in [0.5, 0.6) is 5.75 Å². The molecule has 0 amide bonds. The van der Waals surface area contributed by atoms with E-state index in [2.05, 4.69) is 10.2 Å². The van der Waals surface area contributed by atoms with Crippen molar-refractivity contribution in [3.8, 4) is 5.75 Å². The molecule has 0 aliphatic carbocycles. The van der Waals surface area contributed by atoms with Gasteiger partial charge in [0.05, 0.1) is 11.4 Å². The molecule has 18 heavy (non-hydrogen) atoms. The number of nitrogens with two attached hydrogens (primary N) is 1. The van der Waals surface area contributed by atoms with Gasteiger partial charge >= 0.3 is 0 Å². The number of ether oxygens (including phenoxy) is 1. The molecule has 0 saturated carbocycles. The van der Waals surface area contributed by atoms with Crippen molar-refractivity contribution in [3.05, 3.63) is 54.6 Å². The first-order valence-electron chi connectivity index (χ1n) is 5.78. The molecule has 0 aliphatic rings. The summed E-state index contributed by atoms with van der Waals surface area (Å²) in [6.07, 6.45) is 0. The van der Waals surface area contributed by atoms with Gasteiger partial charge in [-0.3, -0.25) is 0 Å². The molecule has 0 unspecified atom stereocenters. The zero-order chi connectivity index (χ0) is 12.6. The van der Waals surface area contributed by atoms with Crippen LogP contribution in [0.1, 0.15) is 0 Å². The van der Waals surface area contributed by atoms with E-state index in [0.29, 0.717) is 13.2 Å². The molecule has 2 rings (SSSR count). The molecule has 0 aromatic heterocycles. The van der Waals surface area contributed by atoms with Gasteiger partial charge < -0.3 is 10.5 Å². The third kappa shape index (κ3) is 3.68. The smallest absolute Gasteiger partial charge is 0.119 e. The summed E-state index contributed by atoms with van der Waals surface area (Å²) in [5.74, 6) is 0.791. The van der Waals surface area contributed by atoms with Gasteiger partial charge in [0.2, 0.25) is 0 Å². The van der Waals surface area contributed by atoms with Gasteiger partial charge in [0.15, 0.2) is 0 Å². The maximum Gasteiger partial charge on any atom is 0.119 e. The highest BCUT2D eigenvalue weighted by Crippen LogP contribution is 2.20. The van der Waals surface area contributed by atoms with Crippen LogP contribution in [-0.4, -0.2) is 13.2 Å². The molecular weight excluding hydrogens is 226 g/mol. The maximum atomic E-state index is 5.38. The summed E-state index contributed by atoms with van der Waals surface area (Å²) < 4.78 is 5.38. The van der Waals surface area contributed by atoms with Gasteiger partial charge in [0.1, 0.15) is 12.4 Å². The molecule has 0 bridgehead atoms. The molecule has 92 valence electrons. The molecule has 2 N–H and O–H groups in total. The van der Waals surface area contributed by atoms with E-state index < -0.39 is 0 Å². The number of nitrogens with zero attached hydrogens (tertiary/aromatic N) is 2. The van der Waals surface area contributed by atoms with Gasteiger partial charge in [0.25, 0.3) is 0 Å². The monoisotopic (exact) mass is 241 g/mol. The summed E-state index contributed by atoms with van der Waals surface area (Å²) in [4.78, 5) is 0. The molecule has 0 spiro atoms. The summed E-state index contributed by atoms with van der Waals surface area (Å²) in [6, 6.07) is 17.0. The average molecular weight is 241 g/mol. The molecule has 0 radical (unpaired) electrons. The van der Waals surface area contributed by atoms with E-state index in [9.17, 15) is 0 Å². The van der Waals surface area contributed by atoms with Gasteiger partial charge in [-0.05, 0) is 36.4 Å². The second kappa shape index (κ2) is 6.51. The molecule has 0 atom stereocenters. The Morgan fingerprint density at radius 1 is 0.833 bits per heavy atom. The van der Waals surface area contributed by atoms with Crippen molar-refractivity contribution < 1.29 is 4.74 Å². The first-order valence-corrected chi connectivity index (χ1v) is 5.78. The van der Waals surface area contributed by atoms with Crippen molar-refractivity contribution in [2.75, 3.05) is 13.2 Å². The minimum atomic E-state index is 0.509. The molecule has 0 fully saturated rings. The van der Waals surface area contributed by atoms with Gasteiger partial charge in [-0.15, -0.1) is 0 Å². The van der Waals surface area contributed by atoms with Gasteiger partial charge in [-0.1, -0.05) is 18.2 Å². The van der Waals surface area contributed by atoms with Crippen molar-refractivity contribution >= 4 is 11.4 Å². The van der Waals surface area contributed by atoms with Crippen LogP contribution in [0.4, 0.5) is 11.4 Å². The Hall–Kier alpha value is -2.20. The molecule has 2 aromatic rings. The zero-order valence-corrected chi connectivity index (χ0v) is 9.99. The van der Waals surface area contributed by atoms with Crippen LogP contribution in [0.3, 0.4) is 0 Å². The van der Waals surface area contributed by atoms with Crippen molar-refractivity contribution in [3.63, 3.8) is 0 Å². The fourth-order valence-corrected chi connectivity index (χ4v) is 1.40. The van der Waals surface area contributed by atoms with Gasteiger partial charge in [-0.2, -0.15) is 10.2 Å². The quantitative estimate of drug-likeness (QED) is 0.815. The maximum absolute atomic E-state index is 5.38. The van der Waals surface area contributed by atoms with Crippen LogP contribution in [0.15, 0.2) is 64.8 Å². The van der Waals surface area contributed by atoms with E-state index in [4.69, 9.17) is 10.5 Å². The average Bonchev–Trinajstić information content (AvgIpc) is 2.45. The molecular formula is C14H15N3O. The first-order chi connectivity index (χ1) is 8.88. The molecule has 4 heteroatoms. The fraction of sp³-hybridized carbons (Fsp3) is 0.143. The Balaban J connectivity index is 2.00. The Kier molecular flexibility index (Phi) is 4.44. The number of azo groups is 1. The highest BCUT2D eigenvalue weighted by Gasteiger charge is 1.94. The first kappa shape index (κ1) is 12.3. The van der Waals surface area contributed by atoms with E-state index in [1.165, 1.54) is 0 Å². The second-order valence-electron chi connectivity index (χ2n) is 3.67. The number of hydrogen-bond acceptors (Lipinski definition) is 4. The van der Waals surface area contributed by atoms with Crippen LogP contribution < -0.4 is 10.5 Å². The number of rotatable bonds is 5. The molecule has 0 saturated heterocycles. The minimum Gasteiger partial charge on any atom is -0.492 e. The highest BCUT2D eigenvalue weighted by atomic mass is 16.5. The predicted molar refractivity (Wildman–Crippen MR) is 71.6 cm³/mol. The summed E-state index contributed by atoms with van der Waals surface area (Å²) in [5, 5.41) is 8.28. The summed E-state index contributed by atoms with van der Waals surface area (Å²) >= 11 is 0. The van der Waals surface area contributed by atoms with E-state index in [1.54, 1.807) is 0 Å². The van der Waals surface area contributed by atoms with Crippen molar-refractivity contribution in [1.29, 1.82) is 0 Å². The lowest BCUT2D eigenvalue weighted by atomic mass is 10.3. The van der Waals surface area contributed by atoms with E-state index in [-0.39, 0.29) is 0 Å². The third-order valence-corrected chi connectivity index (χ3v) is 2.26. The minimum absolute atomic E-state index is 0.509. The van der Waals surface area contributed by atoms with E-state index in [1.807, 2.05) is 54.6 Å². The SMILES string of the molecule is NCCOc1ccc(N=Nc2ccccc2)cc1.